The second-order valence-corrected chi connectivity index (χ2v) is 5.22. The normalized spacial score (nSPS) is 22.2. The highest BCUT2D eigenvalue weighted by atomic mass is 16.5. The van der Waals surface area contributed by atoms with Gasteiger partial charge in [0.25, 0.3) is 0 Å². The Balaban J connectivity index is 1.58. The average molecular weight is 256 g/mol. The Hall–Kier alpha value is -1.61. The van der Waals surface area contributed by atoms with Gasteiger partial charge in [0.05, 0.1) is 5.52 Å². The Morgan fingerprint density at radius 3 is 3.05 bits per heavy atom. The van der Waals surface area contributed by atoms with Gasteiger partial charge >= 0.3 is 0 Å². The molecule has 1 aliphatic rings. The van der Waals surface area contributed by atoms with Crippen molar-refractivity contribution >= 4 is 10.9 Å². The minimum absolute atomic E-state index is 0.357. The van der Waals surface area contributed by atoms with Crippen LogP contribution < -0.4 is 10.1 Å². The second kappa shape index (κ2) is 5.57. The molecule has 0 saturated heterocycles. The zero-order chi connectivity index (χ0) is 13.1. The lowest BCUT2D eigenvalue weighted by Gasteiger charge is -2.36. The number of ether oxygens (including phenoxy) is 1. The van der Waals surface area contributed by atoms with E-state index in [1.807, 2.05) is 24.4 Å². The van der Waals surface area contributed by atoms with Crippen LogP contribution in [0.25, 0.3) is 10.9 Å². The Labute approximate surface area is 114 Å². The molecule has 1 aromatic carbocycles. The molecule has 19 heavy (non-hydrogen) atoms. The third kappa shape index (κ3) is 2.87. The predicted molar refractivity (Wildman–Crippen MR) is 77.5 cm³/mol. The first-order valence-corrected chi connectivity index (χ1v) is 7.10. The fourth-order valence-corrected chi connectivity index (χ4v) is 2.49. The first kappa shape index (κ1) is 12.4. The van der Waals surface area contributed by atoms with Gasteiger partial charge in [-0.1, -0.05) is 13.0 Å². The molecule has 3 rings (SSSR count). The van der Waals surface area contributed by atoms with Crippen LogP contribution in [0, 0.1) is 0 Å². The minimum atomic E-state index is 0.357. The maximum atomic E-state index is 5.99. The number of nitrogens with one attached hydrogen (secondary N) is 1. The van der Waals surface area contributed by atoms with Crippen LogP contribution in [0.4, 0.5) is 0 Å². The van der Waals surface area contributed by atoms with E-state index in [2.05, 4.69) is 29.4 Å². The van der Waals surface area contributed by atoms with Crippen LogP contribution in [0.3, 0.4) is 0 Å². The van der Waals surface area contributed by atoms with Crippen molar-refractivity contribution in [1.82, 2.24) is 10.3 Å². The summed E-state index contributed by atoms with van der Waals surface area (Å²) in [6.45, 7) is 3.30. The largest absolute Gasteiger partial charge is 0.490 e. The zero-order valence-corrected chi connectivity index (χ0v) is 11.3. The van der Waals surface area contributed by atoms with Crippen LogP contribution in [-0.4, -0.2) is 23.7 Å². The summed E-state index contributed by atoms with van der Waals surface area (Å²) in [5, 5.41) is 4.68. The first-order chi connectivity index (χ1) is 9.35. The monoisotopic (exact) mass is 256 g/mol. The van der Waals surface area contributed by atoms with E-state index in [1.165, 1.54) is 6.42 Å². The Kier molecular flexibility index (Phi) is 3.65. The van der Waals surface area contributed by atoms with Crippen LogP contribution in [0.2, 0.25) is 0 Å². The standard InChI is InChI=1S/C16H20N2O/c1-2-7-17-13-9-15(10-13)19-14-6-5-12-4-3-8-18-16(12)11-14/h3-6,8,11,13,15,17H,2,7,9-10H2,1H3. The number of pyridine rings is 1. The molecule has 0 spiro atoms. The van der Waals surface area contributed by atoms with E-state index in [-0.39, 0.29) is 0 Å². The van der Waals surface area contributed by atoms with E-state index in [4.69, 9.17) is 4.74 Å². The summed E-state index contributed by atoms with van der Waals surface area (Å²) in [5.74, 6) is 0.935. The first-order valence-electron chi connectivity index (χ1n) is 7.10. The van der Waals surface area contributed by atoms with Crippen LogP contribution in [0.15, 0.2) is 36.5 Å². The number of hydrogen-bond donors (Lipinski definition) is 1. The number of aromatic nitrogens is 1. The molecule has 0 bridgehead atoms. The molecule has 1 N–H and O–H groups in total. The molecule has 0 aliphatic heterocycles. The van der Waals surface area contributed by atoms with E-state index >= 15 is 0 Å². The van der Waals surface area contributed by atoms with Crippen molar-refractivity contribution in [2.45, 2.75) is 38.3 Å². The molecule has 0 radical (unpaired) electrons. The van der Waals surface area contributed by atoms with Gasteiger partial charge in [0.2, 0.25) is 0 Å². The molecule has 1 fully saturated rings. The SMILES string of the molecule is CCCNC1CC(Oc2ccc3cccnc3c2)C1. The van der Waals surface area contributed by atoms with Crippen LogP contribution >= 0.6 is 0 Å². The van der Waals surface area contributed by atoms with Gasteiger partial charge in [0, 0.05) is 23.7 Å². The topological polar surface area (TPSA) is 34.1 Å². The maximum Gasteiger partial charge on any atom is 0.121 e. The highest BCUT2D eigenvalue weighted by Crippen LogP contribution is 2.27. The number of nitrogens with zero attached hydrogens (tertiary/aromatic N) is 1. The third-order valence-electron chi connectivity index (χ3n) is 3.66. The van der Waals surface area contributed by atoms with E-state index < -0.39 is 0 Å². The molecule has 1 heterocycles. The lowest BCUT2D eigenvalue weighted by atomic mass is 9.89. The molecular weight excluding hydrogens is 236 g/mol. The fourth-order valence-electron chi connectivity index (χ4n) is 2.49. The van der Waals surface area contributed by atoms with E-state index in [0.717, 1.165) is 36.0 Å². The molecule has 3 nitrogen and oxygen atoms in total. The second-order valence-electron chi connectivity index (χ2n) is 5.22. The van der Waals surface area contributed by atoms with Crippen LogP contribution in [0.5, 0.6) is 5.75 Å². The summed E-state index contributed by atoms with van der Waals surface area (Å²) in [7, 11) is 0. The van der Waals surface area contributed by atoms with E-state index in [1.54, 1.807) is 0 Å². The molecule has 0 atom stereocenters. The van der Waals surface area contributed by atoms with Gasteiger partial charge in [-0.15, -0.1) is 0 Å². The Morgan fingerprint density at radius 1 is 1.32 bits per heavy atom. The predicted octanol–water partition coefficient (Wildman–Crippen LogP) is 3.14. The molecule has 0 amide bonds. The third-order valence-corrected chi connectivity index (χ3v) is 3.66. The molecule has 2 aromatic rings. The summed E-state index contributed by atoms with van der Waals surface area (Å²) < 4.78 is 5.99. The van der Waals surface area contributed by atoms with Gasteiger partial charge in [0.15, 0.2) is 0 Å². The molecule has 1 aliphatic carbocycles. The summed E-state index contributed by atoms with van der Waals surface area (Å²) in [4.78, 5) is 4.36. The molecule has 1 saturated carbocycles. The summed E-state index contributed by atoms with van der Waals surface area (Å²) in [6, 6.07) is 10.8. The van der Waals surface area contributed by atoms with Gasteiger partial charge in [-0.25, -0.2) is 0 Å². The van der Waals surface area contributed by atoms with Crippen molar-refractivity contribution in [3.63, 3.8) is 0 Å². The summed E-state index contributed by atoms with van der Waals surface area (Å²) >= 11 is 0. The number of benzene rings is 1. The Morgan fingerprint density at radius 2 is 2.21 bits per heavy atom. The number of rotatable bonds is 5. The average Bonchev–Trinajstić information content (AvgIpc) is 2.41. The Bertz CT molecular complexity index is 549. The highest BCUT2D eigenvalue weighted by molar-refractivity contribution is 5.79. The maximum absolute atomic E-state index is 5.99. The van der Waals surface area contributed by atoms with Gasteiger partial charge < -0.3 is 10.1 Å². The lowest BCUT2D eigenvalue weighted by Crippen LogP contribution is -2.46. The zero-order valence-electron chi connectivity index (χ0n) is 11.3. The molecule has 3 heteroatoms. The van der Waals surface area contributed by atoms with Gasteiger partial charge in [-0.05, 0) is 44.0 Å². The summed E-state index contributed by atoms with van der Waals surface area (Å²) in [6.07, 6.45) is 5.59. The smallest absolute Gasteiger partial charge is 0.121 e. The van der Waals surface area contributed by atoms with Crippen molar-refractivity contribution < 1.29 is 4.74 Å². The van der Waals surface area contributed by atoms with Crippen LogP contribution in [-0.2, 0) is 0 Å². The summed E-state index contributed by atoms with van der Waals surface area (Å²) in [5.41, 5.74) is 1.000. The lowest BCUT2D eigenvalue weighted by molar-refractivity contribution is 0.0854. The molecule has 0 unspecified atom stereocenters. The number of hydrogen-bond acceptors (Lipinski definition) is 3. The van der Waals surface area contributed by atoms with Crippen molar-refractivity contribution in [2.24, 2.45) is 0 Å². The quantitative estimate of drug-likeness (QED) is 0.892. The molecule has 100 valence electrons. The van der Waals surface area contributed by atoms with Crippen LogP contribution in [0.1, 0.15) is 26.2 Å². The van der Waals surface area contributed by atoms with Gasteiger partial charge in [0.1, 0.15) is 11.9 Å². The van der Waals surface area contributed by atoms with Crippen molar-refractivity contribution in [2.75, 3.05) is 6.54 Å². The van der Waals surface area contributed by atoms with E-state index in [0.29, 0.717) is 12.1 Å². The molecular formula is C16H20N2O. The number of fused-ring (bicyclic) bond motifs is 1. The van der Waals surface area contributed by atoms with Gasteiger partial charge in [-0.3, -0.25) is 4.98 Å². The van der Waals surface area contributed by atoms with Crippen molar-refractivity contribution in [3.8, 4) is 5.75 Å². The van der Waals surface area contributed by atoms with Crippen molar-refractivity contribution in [1.29, 1.82) is 0 Å². The molecule has 1 aromatic heterocycles. The van der Waals surface area contributed by atoms with E-state index in [9.17, 15) is 0 Å². The minimum Gasteiger partial charge on any atom is -0.490 e. The fraction of sp³-hybridized carbons (Fsp3) is 0.438. The highest BCUT2D eigenvalue weighted by Gasteiger charge is 2.30. The van der Waals surface area contributed by atoms with Gasteiger partial charge in [-0.2, -0.15) is 0 Å². The van der Waals surface area contributed by atoms with Crippen molar-refractivity contribution in [3.05, 3.63) is 36.5 Å².